The summed E-state index contributed by atoms with van der Waals surface area (Å²) < 4.78 is 10.7. The molecule has 0 aromatic heterocycles. The normalized spacial score (nSPS) is 16.9. The molecule has 2 aromatic rings. The largest absolute Gasteiger partial charge is 0.454 e. The summed E-state index contributed by atoms with van der Waals surface area (Å²) in [5.41, 5.74) is 1.96. The first-order chi connectivity index (χ1) is 16.9. The third-order valence-corrected chi connectivity index (χ3v) is 6.88. The number of likely N-dealkylation sites (tertiary alicyclic amines) is 1. The molecule has 0 saturated carbocycles. The first-order valence-corrected chi connectivity index (χ1v) is 12.2. The summed E-state index contributed by atoms with van der Waals surface area (Å²) >= 11 is 0. The molecule has 0 unspecified atom stereocenters. The van der Waals surface area contributed by atoms with Crippen molar-refractivity contribution in [3.8, 4) is 11.5 Å². The van der Waals surface area contributed by atoms with Crippen molar-refractivity contribution in [2.45, 2.75) is 52.1 Å². The minimum atomic E-state index is -0.668. The highest BCUT2D eigenvalue weighted by Crippen LogP contribution is 2.33. The fraction of sp³-hybridized carbons (Fsp3) is 0.444. The number of nitrogens with one attached hydrogen (secondary N) is 2. The Morgan fingerprint density at radius 2 is 1.74 bits per heavy atom. The molecule has 2 N–H and O–H groups in total. The van der Waals surface area contributed by atoms with E-state index in [9.17, 15) is 14.4 Å². The molecular formula is C27H33N3O5. The predicted octanol–water partition coefficient (Wildman–Crippen LogP) is 3.29. The van der Waals surface area contributed by atoms with E-state index in [0.717, 1.165) is 12.0 Å². The lowest BCUT2D eigenvalue weighted by molar-refractivity contribution is -0.125. The summed E-state index contributed by atoms with van der Waals surface area (Å²) in [6.45, 7) is 7.00. The van der Waals surface area contributed by atoms with E-state index in [1.165, 1.54) is 0 Å². The molecule has 186 valence electrons. The van der Waals surface area contributed by atoms with Gasteiger partial charge in [-0.1, -0.05) is 25.1 Å². The molecule has 2 aliphatic rings. The Kier molecular flexibility index (Phi) is 7.58. The SMILES string of the molecule is CC[C@H](C)NC(=O)[C@@H](NC(=O)c1ccccc1C)C1CCN(C(=O)c2ccc3c(c2)OCO3)CC1. The zero-order valence-corrected chi connectivity index (χ0v) is 20.5. The first kappa shape index (κ1) is 24.6. The fourth-order valence-electron chi connectivity index (χ4n) is 4.53. The molecule has 35 heavy (non-hydrogen) atoms. The second kappa shape index (κ2) is 10.8. The molecule has 4 rings (SSSR count). The summed E-state index contributed by atoms with van der Waals surface area (Å²) in [4.78, 5) is 41.1. The monoisotopic (exact) mass is 479 g/mol. The van der Waals surface area contributed by atoms with Crippen LogP contribution in [0.5, 0.6) is 11.5 Å². The van der Waals surface area contributed by atoms with E-state index in [-0.39, 0.29) is 36.5 Å². The van der Waals surface area contributed by atoms with Gasteiger partial charge in [0.15, 0.2) is 11.5 Å². The predicted molar refractivity (Wildman–Crippen MR) is 132 cm³/mol. The van der Waals surface area contributed by atoms with Crippen LogP contribution in [0.1, 0.15) is 59.4 Å². The molecule has 0 spiro atoms. The standard InChI is InChI=1S/C27H33N3O5/c1-4-18(3)28-26(32)24(29-25(31)21-8-6-5-7-17(21)2)19-11-13-30(14-12-19)27(33)20-9-10-22-23(15-20)35-16-34-22/h5-10,15,18-19,24H,4,11-14,16H2,1-3H3,(H,28,32)(H,29,31)/t18-,24-/m0/s1. The Hall–Kier alpha value is -3.55. The van der Waals surface area contributed by atoms with Crippen molar-refractivity contribution in [1.82, 2.24) is 15.5 Å². The zero-order chi connectivity index (χ0) is 24.9. The van der Waals surface area contributed by atoms with Crippen LogP contribution in [0, 0.1) is 12.8 Å². The van der Waals surface area contributed by atoms with E-state index in [0.29, 0.717) is 48.6 Å². The van der Waals surface area contributed by atoms with Crippen molar-refractivity contribution < 1.29 is 23.9 Å². The van der Waals surface area contributed by atoms with Gasteiger partial charge in [0, 0.05) is 30.3 Å². The van der Waals surface area contributed by atoms with Gasteiger partial charge in [-0.05, 0) is 68.9 Å². The molecule has 2 atom stereocenters. The summed E-state index contributed by atoms with van der Waals surface area (Å²) in [6.07, 6.45) is 2.03. The summed E-state index contributed by atoms with van der Waals surface area (Å²) in [7, 11) is 0. The van der Waals surface area contributed by atoms with Crippen LogP contribution in [0.4, 0.5) is 0 Å². The Morgan fingerprint density at radius 1 is 1.03 bits per heavy atom. The summed E-state index contributed by atoms with van der Waals surface area (Å²) in [6, 6.07) is 11.9. The molecule has 0 aliphatic carbocycles. The van der Waals surface area contributed by atoms with Crippen molar-refractivity contribution in [1.29, 1.82) is 0 Å². The summed E-state index contributed by atoms with van der Waals surface area (Å²) in [5.74, 6) is 0.624. The van der Waals surface area contributed by atoms with E-state index < -0.39 is 6.04 Å². The number of carbonyl (C=O) groups is 3. The molecule has 1 fully saturated rings. The van der Waals surface area contributed by atoms with Crippen LogP contribution < -0.4 is 20.1 Å². The lowest BCUT2D eigenvalue weighted by Gasteiger charge is -2.36. The molecule has 8 nitrogen and oxygen atoms in total. The van der Waals surface area contributed by atoms with Crippen LogP contribution in [-0.4, -0.2) is 54.6 Å². The maximum Gasteiger partial charge on any atom is 0.253 e. The van der Waals surface area contributed by atoms with Crippen molar-refractivity contribution >= 4 is 17.7 Å². The van der Waals surface area contributed by atoms with Gasteiger partial charge < -0.3 is 25.0 Å². The number of nitrogens with zero attached hydrogens (tertiary/aromatic N) is 1. The number of hydrogen-bond acceptors (Lipinski definition) is 5. The zero-order valence-electron chi connectivity index (χ0n) is 20.5. The number of fused-ring (bicyclic) bond motifs is 1. The number of hydrogen-bond donors (Lipinski definition) is 2. The first-order valence-electron chi connectivity index (χ1n) is 12.2. The highest BCUT2D eigenvalue weighted by molar-refractivity contribution is 5.99. The van der Waals surface area contributed by atoms with Gasteiger partial charge in [0.2, 0.25) is 12.7 Å². The lowest BCUT2D eigenvalue weighted by atomic mass is 9.88. The van der Waals surface area contributed by atoms with Crippen LogP contribution in [0.25, 0.3) is 0 Å². The number of ether oxygens (including phenoxy) is 2. The van der Waals surface area contributed by atoms with Crippen molar-refractivity contribution in [2.24, 2.45) is 5.92 Å². The third kappa shape index (κ3) is 5.58. The molecule has 2 aromatic carbocycles. The highest BCUT2D eigenvalue weighted by atomic mass is 16.7. The smallest absolute Gasteiger partial charge is 0.253 e. The second-order valence-corrected chi connectivity index (χ2v) is 9.28. The van der Waals surface area contributed by atoms with Gasteiger partial charge in [-0.3, -0.25) is 14.4 Å². The number of carbonyl (C=O) groups excluding carboxylic acids is 3. The van der Waals surface area contributed by atoms with Crippen LogP contribution >= 0.6 is 0 Å². The van der Waals surface area contributed by atoms with Gasteiger partial charge in [-0.15, -0.1) is 0 Å². The minimum absolute atomic E-state index is 0.00744. The van der Waals surface area contributed by atoms with E-state index in [1.807, 2.05) is 39.0 Å². The topological polar surface area (TPSA) is 97.0 Å². The van der Waals surface area contributed by atoms with Gasteiger partial charge >= 0.3 is 0 Å². The highest BCUT2D eigenvalue weighted by Gasteiger charge is 2.35. The Balaban J connectivity index is 1.44. The number of rotatable bonds is 7. The molecule has 2 heterocycles. The molecule has 3 amide bonds. The Bertz CT molecular complexity index is 1090. The molecular weight excluding hydrogens is 446 g/mol. The van der Waals surface area contributed by atoms with Crippen LogP contribution in [0.15, 0.2) is 42.5 Å². The van der Waals surface area contributed by atoms with Gasteiger partial charge in [0.25, 0.3) is 11.8 Å². The summed E-state index contributed by atoms with van der Waals surface area (Å²) in [5, 5.41) is 6.01. The second-order valence-electron chi connectivity index (χ2n) is 9.28. The number of aryl methyl sites for hydroxylation is 1. The van der Waals surface area contributed by atoms with Crippen molar-refractivity contribution in [3.05, 3.63) is 59.2 Å². The number of benzene rings is 2. The van der Waals surface area contributed by atoms with E-state index >= 15 is 0 Å². The molecule has 0 radical (unpaired) electrons. The van der Waals surface area contributed by atoms with E-state index in [1.54, 1.807) is 29.2 Å². The molecule has 2 aliphatic heterocycles. The lowest BCUT2D eigenvalue weighted by Crippen LogP contribution is -2.55. The Morgan fingerprint density at radius 3 is 2.46 bits per heavy atom. The average molecular weight is 480 g/mol. The maximum atomic E-state index is 13.2. The van der Waals surface area contributed by atoms with Gasteiger partial charge in [0.05, 0.1) is 0 Å². The third-order valence-electron chi connectivity index (χ3n) is 6.88. The van der Waals surface area contributed by atoms with Crippen LogP contribution in [0.3, 0.4) is 0 Å². The van der Waals surface area contributed by atoms with E-state index in [4.69, 9.17) is 9.47 Å². The van der Waals surface area contributed by atoms with Gasteiger partial charge in [-0.2, -0.15) is 0 Å². The average Bonchev–Trinajstić information content (AvgIpc) is 3.35. The van der Waals surface area contributed by atoms with Gasteiger partial charge in [0.1, 0.15) is 6.04 Å². The number of piperidine rings is 1. The Labute approximate surface area is 206 Å². The van der Waals surface area contributed by atoms with Crippen molar-refractivity contribution in [3.63, 3.8) is 0 Å². The fourth-order valence-corrected chi connectivity index (χ4v) is 4.53. The number of amides is 3. The van der Waals surface area contributed by atoms with E-state index in [2.05, 4.69) is 10.6 Å². The molecule has 0 bridgehead atoms. The maximum absolute atomic E-state index is 13.2. The minimum Gasteiger partial charge on any atom is -0.454 e. The van der Waals surface area contributed by atoms with Crippen LogP contribution in [0.2, 0.25) is 0 Å². The quantitative estimate of drug-likeness (QED) is 0.635. The van der Waals surface area contributed by atoms with Crippen LogP contribution in [-0.2, 0) is 4.79 Å². The molecule has 8 heteroatoms. The van der Waals surface area contributed by atoms with Gasteiger partial charge in [-0.25, -0.2) is 0 Å². The molecule has 1 saturated heterocycles. The van der Waals surface area contributed by atoms with Crippen molar-refractivity contribution in [2.75, 3.05) is 19.9 Å².